The smallest absolute Gasteiger partial charge is 0.215 e. The maximum absolute atomic E-state index is 5.99. The van der Waals surface area contributed by atoms with Crippen LogP contribution in [0.2, 0.25) is 0 Å². The molecule has 108 valence electrons. The monoisotopic (exact) mass is 282 g/mol. The normalized spacial score (nSPS) is 27.2. The Hall–Kier alpha value is -2.27. The molecule has 0 spiro atoms. The summed E-state index contributed by atoms with van der Waals surface area (Å²) in [6, 6.07) is 8.25. The zero-order valence-electron chi connectivity index (χ0n) is 11.9. The second-order valence-electron chi connectivity index (χ2n) is 5.69. The molecule has 0 saturated heterocycles. The molecule has 5 nitrogen and oxygen atoms in total. The molecular weight excluding hydrogens is 264 g/mol. The summed E-state index contributed by atoms with van der Waals surface area (Å²) < 4.78 is 5.26. The minimum absolute atomic E-state index is 0.198. The molecule has 1 aromatic carbocycles. The van der Waals surface area contributed by atoms with Crippen molar-refractivity contribution in [1.82, 2.24) is 10.4 Å². The first kappa shape index (κ1) is 12.5. The third kappa shape index (κ3) is 1.85. The number of hydrogen-bond acceptors (Lipinski definition) is 5. The lowest BCUT2D eigenvalue weighted by Crippen LogP contribution is -2.51. The third-order valence-corrected chi connectivity index (χ3v) is 4.40. The molecular formula is C16H18N4O. The molecule has 1 aliphatic carbocycles. The van der Waals surface area contributed by atoms with Crippen LogP contribution >= 0.6 is 0 Å². The van der Waals surface area contributed by atoms with Crippen LogP contribution in [0.5, 0.6) is 5.75 Å². The minimum atomic E-state index is -0.198. The van der Waals surface area contributed by atoms with Crippen LogP contribution < -0.4 is 15.9 Å². The zero-order chi connectivity index (χ0) is 14.4. The van der Waals surface area contributed by atoms with E-state index in [4.69, 9.17) is 10.5 Å². The highest BCUT2D eigenvalue weighted by atomic mass is 16.5. The van der Waals surface area contributed by atoms with Crippen LogP contribution in [0.25, 0.3) is 0 Å². The van der Waals surface area contributed by atoms with Crippen LogP contribution in [0.1, 0.15) is 18.4 Å². The van der Waals surface area contributed by atoms with Crippen LogP contribution in [-0.4, -0.2) is 18.1 Å². The van der Waals surface area contributed by atoms with Crippen molar-refractivity contribution in [2.75, 3.05) is 7.11 Å². The summed E-state index contributed by atoms with van der Waals surface area (Å²) in [5.74, 6) is 1.94. The molecule has 21 heavy (non-hydrogen) atoms. The van der Waals surface area contributed by atoms with Crippen molar-refractivity contribution < 1.29 is 4.74 Å². The molecule has 1 atom stereocenters. The van der Waals surface area contributed by atoms with Crippen LogP contribution in [0.4, 0.5) is 0 Å². The summed E-state index contributed by atoms with van der Waals surface area (Å²) in [6.07, 6.45) is 8.44. The fraction of sp³-hybridized carbons (Fsp3) is 0.312. The maximum Gasteiger partial charge on any atom is 0.215 e. The van der Waals surface area contributed by atoms with Gasteiger partial charge in [-0.25, -0.2) is 15.4 Å². The molecule has 1 fully saturated rings. The molecule has 2 heterocycles. The molecule has 0 amide bonds. The van der Waals surface area contributed by atoms with Crippen LogP contribution in [0.3, 0.4) is 0 Å². The number of nitrogens with zero attached hydrogens (tertiary/aromatic N) is 2. The van der Waals surface area contributed by atoms with Crippen molar-refractivity contribution >= 4 is 5.96 Å². The molecule has 5 heteroatoms. The van der Waals surface area contributed by atoms with Gasteiger partial charge in [0, 0.05) is 6.20 Å². The highest BCUT2D eigenvalue weighted by molar-refractivity contribution is 5.82. The highest BCUT2D eigenvalue weighted by Crippen LogP contribution is 2.50. The van der Waals surface area contributed by atoms with Crippen molar-refractivity contribution in [1.29, 1.82) is 0 Å². The minimum Gasteiger partial charge on any atom is -0.497 e. The Balaban J connectivity index is 1.77. The number of guanidine groups is 1. The number of fused-ring (bicyclic) bond motifs is 1. The van der Waals surface area contributed by atoms with Gasteiger partial charge in [0.2, 0.25) is 5.96 Å². The summed E-state index contributed by atoms with van der Waals surface area (Å²) >= 11 is 0. The Morgan fingerprint density at radius 2 is 2.10 bits per heavy atom. The number of rotatable bonds is 3. The van der Waals surface area contributed by atoms with Gasteiger partial charge in [-0.2, -0.15) is 0 Å². The molecule has 0 bridgehead atoms. The average molecular weight is 282 g/mol. The van der Waals surface area contributed by atoms with E-state index in [2.05, 4.69) is 28.6 Å². The first-order chi connectivity index (χ1) is 10.2. The lowest BCUT2D eigenvalue weighted by molar-refractivity contribution is 0.265. The quantitative estimate of drug-likeness (QED) is 0.888. The number of hydrogen-bond donors (Lipinski definition) is 2. The molecule has 0 radical (unpaired) electrons. The number of benzene rings is 1. The summed E-state index contributed by atoms with van der Waals surface area (Å²) in [5, 5.41) is 1.88. The van der Waals surface area contributed by atoms with Gasteiger partial charge in [0.1, 0.15) is 5.75 Å². The van der Waals surface area contributed by atoms with Crippen LogP contribution in [-0.2, 0) is 5.54 Å². The Labute approximate surface area is 123 Å². The van der Waals surface area contributed by atoms with Crippen molar-refractivity contribution in [2.45, 2.75) is 18.4 Å². The van der Waals surface area contributed by atoms with E-state index in [1.165, 1.54) is 18.4 Å². The molecule has 1 unspecified atom stereocenters. The van der Waals surface area contributed by atoms with E-state index < -0.39 is 0 Å². The van der Waals surface area contributed by atoms with Gasteiger partial charge in [0.15, 0.2) is 0 Å². The van der Waals surface area contributed by atoms with Crippen LogP contribution in [0.15, 0.2) is 53.3 Å². The number of nitrogens with one attached hydrogen (secondary N) is 1. The third-order valence-electron chi connectivity index (χ3n) is 4.40. The summed E-state index contributed by atoms with van der Waals surface area (Å²) in [7, 11) is 1.68. The van der Waals surface area contributed by atoms with Crippen LogP contribution in [0, 0.1) is 5.92 Å². The first-order valence-electron chi connectivity index (χ1n) is 7.18. The van der Waals surface area contributed by atoms with Gasteiger partial charge < -0.3 is 10.5 Å². The lowest BCUT2D eigenvalue weighted by Gasteiger charge is -2.32. The molecule has 1 aromatic rings. The zero-order valence-corrected chi connectivity index (χ0v) is 11.9. The van der Waals surface area contributed by atoms with E-state index >= 15 is 0 Å². The lowest BCUT2D eigenvalue weighted by atomic mass is 9.85. The molecule has 0 aromatic heterocycles. The van der Waals surface area contributed by atoms with Crippen molar-refractivity contribution in [3.05, 3.63) is 53.9 Å². The van der Waals surface area contributed by atoms with Gasteiger partial charge >= 0.3 is 0 Å². The second-order valence-corrected chi connectivity index (χ2v) is 5.69. The van der Waals surface area contributed by atoms with Crippen molar-refractivity contribution in [3.8, 4) is 5.75 Å². The number of ether oxygens (including phenoxy) is 1. The first-order valence-corrected chi connectivity index (χ1v) is 7.18. The standard InChI is InChI=1S/C16H18N4O/c1-21-14-6-4-12(5-7-14)16(11-2-3-11)10-13-8-9-18-15(17)20(13)19-16/h4-11,19H,2-3H2,1H3,(H2,17,18). The van der Waals surface area contributed by atoms with Crippen molar-refractivity contribution in [3.63, 3.8) is 0 Å². The number of aliphatic imine (C=N–C) groups is 1. The van der Waals surface area contributed by atoms with Gasteiger partial charge in [-0.15, -0.1) is 0 Å². The Bertz CT molecular complexity index is 657. The molecule has 2 aliphatic heterocycles. The van der Waals surface area contributed by atoms with Gasteiger partial charge in [0.25, 0.3) is 0 Å². The fourth-order valence-electron chi connectivity index (χ4n) is 3.14. The van der Waals surface area contributed by atoms with E-state index in [0.717, 1.165) is 11.4 Å². The van der Waals surface area contributed by atoms with Gasteiger partial charge in [-0.1, -0.05) is 12.1 Å². The number of nitrogens with two attached hydrogens (primary N) is 1. The second kappa shape index (κ2) is 4.36. The number of methoxy groups -OCH3 is 1. The van der Waals surface area contributed by atoms with E-state index in [0.29, 0.717) is 11.9 Å². The number of hydrazine groups is 1. The van der Waals surface area contributed by atoms with E-state index in [-0.39, 0.29) is 5.54 Å². The topological polar surface area (TPSA) is 62.9 Å². The maximum atomic E-state index is 5.99. The molecule has 3 aliphatic rings. The summed E-state index contributed by atoms with van der Waals surface area (Å²) in [6.45, 7) is 0. The Kier molecular flexibility index (Phi) is 2.59. The van der Waals surface area contributed by atoms with Gasteiger partial charge in [-0.05, 0) is 48.6 Å². The van der Waals surface area contributed by atoms with E-state index in [1.807, 2.05) is 23.2 Å². The van der Waals surface area contributed by atoms with Gasteiger partial charge in [-0.3, -0.25) is 0 Å². The molecule has 4 rings (SSSR count). The number of allylic oxidation sites excluding steroid dienone is 1. The Morgan fingerprint density at radius 3 is 2.71 bits per heavy atom. The SMILES string of the molecule is COc1ccc(C2(C3CC3)C=C3C=CN=C(N)N3N2)cc1. The van der Waals surface area contributed by atoms with E-state index in [9.17, 15) is 0 Å². The summed E-state index contributed by atoms with van der Waals surface area (Å²) in [4.78, 5) is 4.16. The Morgan fingerprint density at radius 1 is 1.33 bits per heavy atom. The predicted molar refractivity (Wildman–Crippen MR) is 81.2 cm³/mol. The average Bonchev–Trinajstić information content (AvgIpc) is 3.29. The fourth-order valence-corrected chi connectivity index (χ4v) is 3.14. The highest BCUT2D eigenvalue weighted by Gasteiger charge is 2.50. The van der Waals surface area contributed by atoms with E-state index in [1.54, 1.807) is 13.3 Å². The van der Waals surface area contributed by atoms with Gasteiger partial charge in [0.05, 0.1) is 18.3 Å². The largest absolute Gasteiger partial charge is 0.497 e. The summed E-state index contributed by atoms with van der Waals surface area (Å²) in [5.41, 5.74) is 11.6. The molecule has 1 saturated carbocycles. The van der Waals surface area contributed by atoms with Crippen molar-refractivity contribution in [2.24, 2.45) is 16.6 Å². The predicted octanol–water partition coefficient (Wildman–Crippen LogP) is 1.85. The molecule has 3 N–H and O–H groups in total.